The minimum atomic E-state index is 0.128. The van der Waals surface area contributed by atoms with Crippen LogP contribution in [-0.2, 0) is 0 Å². The second-order valence-corrected chi connectivity index (χ2v) is 5.10. The molecule has 2 aliphatic heterocycles. The molecule has 2 N–H and O–H groups in total. The van der Waals surface area contributed by atoms with Gasteiger partial charge in [-0.3, -0.25) is 0 Å². The summed E-state index contributed by atoms with van der Waals surface area (Å²) in [5.41, 5.74) is 6.28. The Morgan fingerprint density at radius 1 is 1.05 bits per heavy atom. The van der Waals surface area contributed by atoms with Crippen LogP contribution >= 0.6 is 0 Å². The van der Waals surface area contributed by atoms with Crippen molar-refractivity contribution in [3.8, 4) is 17.2 Å². The van der Waals surface area contributed by atoms with Crippen LogP contribution < -0.4 is 14.9 Å². The fourth-order valence-electron chi connectivity index (χ4n) is 2.60. The van der Waals surface area contributed by atoms with Crippen LogP contribution in [0.2, 0.25) is 0 Å². The number of fused-ring (bicyclic) bond motifs is 1. The molecular weight excluding hydrogens is 268 g/mol. The van der Waals surface area contributed by atoms with Crippen molar-refractivity contribution >= 4 is 5.71 Å². The first-order valence-electron chi connectivity index (χ1n) is 6.80. The number of aromatic hydroxyl groups is 1. The van der Waals surface area contributed by atoms with Crippen LogP contribution in [0.5, 0.6) is 17.2 Å². The van der Waals surface area contributed by atoms with Gasteiger partial charge in [0.1, 0.15) is 5.75 Å². The molecule has 21 heavy (non-hydrogen) atoms. The fraction of sp³-hybridized carbons (Fsp3) is 0.188. The molecular formula is C16H14N2O3. The van der Waals surface area contributed by atoms with Gasteiger partial charge in [0.25, 0.3) is 0 Å². The molecule has 0 aliphatic carbocycles. The highest BCUT2D eigenvalue weighted by atomic mass is 16.7. The minimum Gasteiger partial charge on any atom is -0.508 e. The monoisotopic (exact) mass is 282 g/mol. The van der Waals surface area contributed by atoms with Crippen LogP contribution in [0.25, 0.3) is 0 Å². The van der Waals surface area contributed by atoms with Gasteiger partial charge in [-0.2, -0.15) is 5.10 Å². The first-order chi connectivity index (χ1) is 10.3. The average Bonchev–Trinajstić information content (AvgIpc) is 3.16. The third-order valence-electron chi connectivity index (χ3n) is 3.75. The van der Waals surface area contributed by atoms with Gasteiger partial charge in [0.2, 0.25) is 6.79 Å². The quantitative estimate of drug-likeness (QED) is 0.888. The Kier molecular flexibility index (Phi) is 2.70. The van der Waals surface area contributed by atoms with E-state index >= 15 is 0 Å². The predicted molar refractivity (Wildman–Crippen MR) is 77.7 cm³/mol. The summed E-state index contributed by atoms with van der Waals surface area (Å²) in [6.07, 6.45) is 0.796. The Morgan fingerprint density at radius 3 is 2.71 bits per heavy atom. The molecule has 0 radical (unpaired) electrons. The zero-order chi connectivity index (χ0) is 14.2. The summed E-state index contributed by atoms with van der Waals surface area (Å²) in [5, 5.41) is 13.7. The van der Waals surface area contributed by atoms with Gasteiger partial charge in [-0.1, -0.05) is 6.07 Å². The maximum absolute atomic E-state index is 9.34. The van der Waals surface area contributed by atoms with Crippen molar-refractivity contribution in [2.24, 2.45) is 5.10 Å². The van der Waals surface area contributed by atoms with E-state index in [9.17, 15) is 5.11 Å². The van der Waals surface area contributed by atoms with E-state index in [0.29, 0.717) is 0 Å². The van der Waals surface area contributed by atoms with E-state index in [-0.39, 0.29) is 18.6 Å². The number of rotatable bonds is 2. The van der Waals surface area contributed by atoms with Gasteiger partial charge in [-0.15, -0.1) is 0 Å². The number of nitrogens with one attached hydrogen (secondary N) is 1. The topological polar surface area (TPSA) is 63.1 Å². The number of phenolic OH excluding ortho intramolecular Hbond substituents is 1. The highest BCUT2D eigenvalue weighted by molar-refractivity contribution is 6.01. The van der Waals surface area contributed by atoms with Crippen LogP contribution in [-0.4, -0.2) is 17.6 Å². The Balaban J connectivity index is 1.54. The number of benzene rings is 2. The van der Waals surface area contributed by atoms with Gasteiger partial charge in [-0.05, 0) is 47.5 Å². The standard InChI is InChI=1S/C16H14N2O3/c19-12-4-1-10(2-5-12)13-8-14(18-17-13)11-3-6-15-16(7-11)21-9-20-15/h1-7,14,18-19H,8-9H2. The van der Waals surface area contributed by atoms with Crippen LogP contribution in [0.15, 0.2) is 47.6 Å². The molecule has 1 unspecified atom stereocenters. The summed E-state index contributed by atoms with van der Waals surface area (Å²) in [6, 6.07) is 13.2. The smallest absolute Gasteiger partial charge is 0.231 e. The molecule has 2 aliphatic rings. The second-order valence-electron chi connectivity index (χ2n) is 5.10. The van der Waals surface area contributed by atoms with Crippen molar-refractivity contribution in [1.29, 1.82) is 0 Å². The Labute approximate surface area is 121 Å². The summed E-state index contributed by atoms with van der Waals surface area (Å²) >= 11 is 0. The lowest BCUT2D eigenvalue weighted by molar-refractivity contribution is 0.174. The van der Waals surface area contributed by atoms with Crippen molar-refractivity contribution < 1.29 is 14.6 Å². The highest BCUT2D eigenvalue weighted by Gasteiger charge is 2.23. The zero-order valence-electron chi connectivity index (χ0n) is 11.2. The van der Waals surface area contributed by atoms with E-state index < -0.39 is 0 Å². The van der Waals surface area contributed by atoms with E-state index in [4.69, 9.17) is 9.47 Å². The molecule has 0 aromatic heterocycles. The minimum absolute atomic E-state index is 0.128. The summed E-state index contributed by atoms with van der Waals surface area (Å²) in [6.45, 7) is 0.284. The van der Waals surface area contributed by atoms with Crippen LogP contribution in [0.3, 0.4) is 0 Å². The number of hydrazone groups is 1. The number of ether oxygens (including phenoxy) is 2. The molecule has 0 bridgehead atoms. The molecule has 106 valence electrons. The summed E-state index contributed by atoms with van der Waals surface area (Å²) < 4.78 is 10.7. The van der Waals surface area contributed by atoms with E-state index in [0.717, 1.165) is 34.8 Å². The second kappa shape index (κ2) is 4.70. The third-order valence-corrected chi connectivity index (χ3v) is 3.75. The van der Waals surface area contributed by atoms with Crippen LogP contribution in [0, 0.1) is 0 Å². The first kappa shape index (κ1) is 12.1. The highest BCUT2D eigenvalue weighted by Crippen LogP contribution is 2.36. The van der Waals surface area contributed by atoms with Crippen molar-refractivity contribution in [3.05, 3.63) is 53.6 Å². The van der Waals surface area contributed by atoms with Crippen LogP contribution in [0.4, 0.5) is 0 Å². The lowest BCUT2D eigenvalue weighted by atomic mass is 9.99. The molecule has 0 saturated carbocycles. The summed E-state index contributed by atoms with van der Waals surface area (Å²) in [4.78, 5) is 0. The van der Waals surface area contributed by atoms with Gasteiger partial charge in [0, 0.05) is 6.42 Å². The maximum Gasteiger partial charge on any atom is 0.231 e. The molecule has 4 rings (SSSR count). The first-order valence-corrected chi connectivity index (χ1v) is 6.80. The number of hydrogen-bond acceptors (Lipinski definition) is 5. The molecule has 2 heterocycles. The number of nitrogens with zero attached hydrogens (tertiary/aromatic N) is 1. The third kappa shape index (κ3) is 2.16. The van der Waals surface area contributed by atoms with Crippen molar-refractivity contribution in [2.75, 3.05) is 6.79 Å². The van der Waals surface area contributed by atoms with Gasteiger partial charge in [-0.25, -0.2) is 0 Å². The molecule has 5 heteroatoms. The summed E-state index contributed by atoms with van der Waals surface area (Å²) in [5.74, 6) is 1.83. The van der Waals surface area contributed by atoms with Gasteiger partial charge in [0.15, 0.2) is 11.5 Å². The van der Waals surface area contributed by atoms with E-state index in [1.807, 2.05) is 30.3 Å². The average molecular weight is 282 g/mol. The van der Waals surface area contributed by atoms with E-state index in [1.54, 1.807) is 12.1 Å². The molecule has 0 spiro atoms. The lowest BCUT2D eigenvalue weighted by Crippen LogP contribution is -2.09. The van der Waals surface area contributed by atoms with Crippen molar-refractivity contribution in [3.63, 3.8) is 0 Å². The Morgan fingerprint density at radius 2 is 1.86 bits per heavy atom. The van der Waals surface area contributed by atoms with Crippen molar-refractivity contribution in [2.45, 2.75) is 12.5 Å². The maximum atomic E-state index is 9.34. The van der Waals surface area contributed by atoms with Crippen LogP contribution in [0.1, 0.15) is 23.6 Å². The van der Waals surface area contributed by atoms with Gasteiger partial charge < -0.3 is 20.0 Å². The molecule has 0 saturated heterocycles. The zero-order valence-corrected chi connectivity index (χ0v) is 11.2. The normalized spacial score (nSPS) is 19.2. The van der Waals surface area contributed by atoms with Crippen molar-refractivity contribution in [1.82, 2.24) is 5.43 Å². The van der Waals surface area contributed by atoms with Gasteiger partial charge >= 0.3 is 0 Å². The molecule has 1 atom stereocenters. The fourth-order valence-corrected chi connectivity index (χ4v) is 2.60. The van der Waals surface area contributed by atoms with Gasteiger partial charge in [0.05, 0.1) is 11.8 Å². The molecule has 5 nitrogen and oxygen atoms in total. The molecule has 2 aromatic rings. The SMILES string of the molecule is Oc1ccc(C2=NNC(c3ccc4c(c3)OCO4)C2)cc1. The number of phenols is 1. The molecule has 0 fully saturated rings. The molecule has 0 amide bonds. The van der Waals surface area contributed by atoms with E-state index in [1.165, 1.54) is 0 Å². The predicted octanol–water partition coefficient (Wildman–Crippen LogP) is 2.56. The Hall–Kier alpha value is -2.69. The molecule has 2 aromatic carbocycles. The van der Waals surface area contributed by atoms with E-state index in [2.05, 4.69) is 10.5 Å². The number of hydrogen-bond donors (Lipinski definition) is 2. The lowest BCUT2D eigenvalue weighted by Gasteiger charge is -2.10. The largest absolute Gasteiger partial charge is 0.508 e. The Bertz CT molecular complexity index is 710. The summed E-state index contributed by atoms with van der Waals surface area (Å²) in [7, 11) is 0.